The van der Waals surface area contributed by atoms with Gasteiger partial charge in [-0.3, -0.25) is 0 Å². The Balaban J connectivity index is 2.39. The van der Waals surface area contributed by atoms with Crippen LogP contribution in [0.5, 0.6) is 0 Å². The molecule has 0 saturated carbocycles. The van der Waals surface area contributed by atoms with Gasteiger partial charge in [-0.25, -0.2) is 9.97 Å². The third-order valence-corrected chi connectivity index (χ3v) is 1.47. The molecule has 1 rings (SSSR count). The first-order valence-electron chi connectivity index (χ1n) is 4.03. The van der Waals surface area contributed by atoms with Gasteiger partial charge in [0.25, 0.3) is 0 Å². The maximum atomic E-state index is 11.7. The molecule has 0 aliphatic heterocycles. The van der Waals surface area contributed by atoms with Gasteiger partial charge in [0, 0.05) is 12.7 Å². The Morgan fingerprint density at radius 1 is 1.43 bits per heavy atom. The van der Waals surface area contributed by atoms with E-state index < -0.39 is 12.7 Å². The Morgan fingerprint density at radius 3 is 2.71 bits per heavy atom. The Morgan fingerprint density at radius 2 is 2.14 bits per heavy atom. The van der Waals surface area contributed by atoms with E-state index in [1.807, 2.05) is 0 Å². The first-order valence-corrected chi connectivity index (χ1v) is 4.03. The lowest BCUT2D eigenvalue weighted by Crippen LogP contribution is -2.28. The second-order valence-corrected chi connectivity index (χ2v) is 2.81. The molecule has 6 heteroatoms. The van der Waals surface area contributed by atoms with E-state index in [1.165, 1.54) is 6.20 Å². The van der Waals surface area contributed by atoms with Crippen molar-refractivity contribution in [2.75, 3.05) is 6.54 Å². The van der Waals surface area contributed by atoms with Gasteiger partial charge >= 0.3 is 6.18 Å². The van der Waals surface area contributed by atoms with Crippen molar-refractivity contribution in [3.63, 3.8) is 0 Å². The molecule has 0 aliphatic carbocycles. The van der Waals surface area contributed by atoms with Crippen LogP contribution in [0.4, 0.5) is 13.2 Å². The molecule has 0 radical (unpaired) electrons. The van der Waals surface area contributed by atoms with E-state index in [9.17, 15) is 13.2 Å². The van der Waals surface area contributed by atoms with E-state index in [4.69, 9.17) is 0 Å². The molecule has 1 heterocycles. The van der Waals surface area contributed by atoms with Gasteiger partial charge < -0.3 is 5.32 Å². The van der Waals surface area contributed by atoms with Crippen molar-refractivity contribution >= 4 is 0 Å². The van der Waals surface area contributed by atoms with Crippen molar-refractivity contribution in [3.05, 3.63) is 23.8 Å². The van der Waals surface area contributed by atoms with Crippen molar-refractivity contribution in [1.82, 2.24) is 15.3 Å². The molecule has 0 aromatic carbocycles. The SMILES string of the molecule is Cc1nccc(CNCC(F)(F)F)n1. The van der Waals surface area contributed by atoms with E-state index in [0.717, 1.165) is 0 Å². The number of alkyl halides is 3. The van der Waals surface area contributed by atoms with Crippen LogP contribution in [0.1, 0.15) is 11.5 Å². The molecule has 0 unspecified atom stereocenters. The van der Waals surface area contributed by atoms with Crippen molar-refractivity contribution in [1.29, 1.82) is 0 Å². The molecule has 0 aliphatic rings. The number of halogens is 3. The van der Waals surface area contributed by atoms with E-state index in [1.54, 1.807) is 13.0 Å². The van der Waals surface area contributed by atoms with Gasteiger partial charge in [0.1, 0.15) is 5.82 Å². The van der Waals surface area contributed by atoms with Crippen LogP contribution in [0.2, 0.25) is 0 Å². The number of aryl methyl sites for hydroxylation is 1. The molecule has 0 saturated heterocycles. The van der Waals surface area contributed by atoms with Crippen LogP contribution in [0.25, 0.3) is 0 Å². The fourth-order valence-corrected chi connectivity index (χ4v) is 0.936. The van der Waals surface area contributed by atoms with Gasteiger partial charge in [0.2, 0.25) is 0 Å². The molecular formula is C8H10F3N3. The lowest BCUT2D eigenvalue weighted by Gasteiger charge is -2.07. The molecular weight excluding hydrogens is 195 g/mol. The van der Waals surface area contributed by atoms with E-state index in [0.29, 0.717) is 11.5 Å². The largest absolute Gasteiger partial charge is 0.401 e. The molecule has 0 fully saturated rings. The van der Waals surface area contributed by atoms with Gasteiger partial charge in [0.05, 0.1) is 12.2 Å². The molecule has 78 valence electrons. The second kappa shape index (κ2) is 4.36. The number of nitrogens with zero attached hydrogens (tertiary/aromatic N) is 2. The standard InChI is InChI=1S/C8H10F3N3/c1-6-13-3-2-7(14-6)4-12-5-8(9,10)11/h2-3,12H,4-5H2,1H3. The topological polar surface area (TPSA) is 37.8 Å². The predicted octanol–water partition coefficient (Wildman–Crippen LogP) is 1.44. The van der Waals surface area contributed by atoms with E-state index >= 15 is 0 Å². The highest BCUT2D eigenvalue weighted by atomic mass is 19.4. The first kappa shape index (κ1) is 10.9. The zero-order chi connectivity index (χ0) is 10.6. The minimum atomic E-state index is -4.18. The summed E-state index contributed by atoms with van der Waals surface area (Å²) in [6.45, 7) is 0.784. The average molecular weight is 205 g/mol. The first-order chi connectivity index (χ1) is 6.47. The fraction of sp³-hybridized carbons (Fsp3) is 0.500. The highest BCUT2D eigenvalue weighted by Crippen LogP contribution is 2.12. The monoisotopic (exact) mass is 205 g/mol. The van der Waals surface area contributed by atoms with Crippen molar-refractivity contribution < 1.29 is 13.2 Å². The van der Waals surface area contributed by atoms with Gasteiger partial charge in [-0.2, -0.15) is 13.2 Å². The third kappa shape index (κ3) is 4.18. The number of nitrogens with one attached hydrogen (secondary N) is 1. The Kier molecular flexibility index (Phi) is 3.40. The van der Waals surface area contributed by atoms with Crippen molar-refractivity contribution in [2.45, 2.75) is 19.6 Å². The summed E-state index contributed by atoms with van der Waals surface area (Å²) >= 11 is 0. The molecule has 1 aromatic rings. The Hall–Kier alpha value is -1.17. The van der Waals surface area contributed by atoms with Crippen molar-refractivity contribution in [3.8, 4) is 0 Å². The van der Waals surface area contributed by atoms with E-state index in [2.05, 4.69) is 15.3 Å². The molecule has 0 atom stereocenters. The normalized spacial score (nSPS) is 11.7. The number of rotatable bonds is 3. The lowest BCUT2D eigenvalue weighted by atomic mass is 10.4. The zero-order valence-corrected chi connectivity index (χ0v) is 7.60. The van der Waals surface area contributed by atoms with Gasteiger partial charge in [0.15, 0.2) is 0 Å². The lowest BCUT2D eigenvalue weighted by molar-refractivity contribution is -0.125. The highest BCUT2D eigenvalue weighted by Gasteiger charge is 2.26. The molecule has 3 nitrogen and oxygen atoms in total. The van der Waals surface area contributed by atoms with Crippen LogP contribution in [0.15, 0.2) is 12.3 Å². The summed E-state index contributed by atoms with van der Waals surface area (Å²) in [5.74, 6) is 0.552. The third-order valence-electron chi connectivity index (χ3n) is 1.47. The van der Waals surface area contributed by atoms with Crippen LogP contribution in [0.3, 0.4) is 0 Å². The van der Waals surface area contributed by atoms with E-state index in [-0.39, 0.29) is 6.54 Å². The summed E-state index contributed by atoms with van der Waals surface area (Å²) in [6.07, 6.45) is -2.66. The maximum Gasteiger partial charge on any atom is 0.401 e. The van der Waals surface area contributed by atoms with Crippen LogP contribution in [-0.4, -0.2) is 22.7 Å². The van der Waals surface area contributed by atoms with Crippen LogP contribution < -0.4 is 5.32 Å². The summed E-state index contributed by atoms with van der Waals surface area (Å²) in [6, 6.07) is 1.58. The molecule has 14 heavy (non-hydrogen) atoms. The van der Waals surface area contributed by atoms with Crippen LogP contribution >= 0.6 is 0 Å². The number of aromatic nitrogens is 2. The summed E-state index contributed by atoms with van der Waals surface area (Å²) < 4.78 is 35.2. The highest BCUT2D eigenvalue weighted by molar-refractivity contribution is 5.00. The smallest absolute Gasteiger partial charge is 0.303 e. The second-order valence-electron chi connectivity index (χ2n) is 2.81. The molecule has 1 aromatic heterocycles. The van der Waals surface area contributed by atoms with Gasteiger partial charge in [-0.15, -0.1) is 0 Å². The van der Waals surface area contributed by atoms with Crippen LogP contribution in [-0.2, 0) is 6.54 Å². The molecule has 1 N–H and O–H groups in total. The maximum absolute atomic E-state index is 11.7. The number of hydrogen-bond donors (Lipinski definition) is 1. The Labute approximate surface area is 79.4 Å². The predicted molar refractivity (Wildman–Crippen MR) is 44.5 cm³/mol. The summed E-state index contributed by atoms with van der Waals surface area (Å²) in [5.41, 5.74) is 0.557. The summed E-state index contributed by atoms with van der Waals surface area (Å²) in [5, 5.41) is 2.25. The summed E-state index contributed by atoms with van der Waals surface area (Å²) in [4.78, 5) is 7.79. The molecule has 0 amide bonds. The van der Waals surface area contributed by atoms with Gasteiger partial charge in [-0.05, 0) is 13.0 Å². The number of hydrogen-bond acceptors (Lipinski definition) is 3. The van der Waals surface area contributed by atoms with Gasteiger partial charge in [-0.1, -0.05) is 0 Å². The quantitative estimate of drug-likeness (QED) is 0.811. The average Bonchev–Trinajstić information content (AvgIpc) is 2.01. The van der Waals surface area contributed by atoms with Crippen molar-refractivity contribution in [2.24, 2.45) is 0 Å². The molecule has 0 bridgehead atoms. The van der Waals surface area contributed by atoms with Crippen LogP contribution in [0, 0.1) is 6.92 Å². The minimum Gasteiger partial charge on any atom is -0.303 e. The summed E-state index contributed by atoms with van der Waals surface area (Å²) in [7, 11) is 0. The zero-order valence-electron chi connectivity index (χ0n) is 7.60. The minimum absolute atomic E-state index is 0.100. The Bertz CT molecular complexity index is 298. The molecule has 0 spiro atoms. The fourth-order valence-electron chi connectivity index (χ4n) is 0.936.